The van der Waals surface area contributed by atoms with Crippen molar-refractivity contribution in [2.75, 3.05) is 0 Å². The summed E-state index contributed by atoms with van der Waals surface area (Å²) in [7, 11) is 0. The molecule has 2 aromatic heterocycles. The molecular formula is C30H31NS. The van der Waals surface area contributed by atoms with Gasteiger partial charge in [0.2, 0.25) is 0 Å². The van der Waals surface area contributed by atoms with Crippen molar-refractivity contribution in [3.8, 4) is 11.3 Å². The van der Waals surface area contributed by atoms with Crippen LogP contribution in [0.15, 0.2) is 66.2 Å². The highest BCUT2D eigenvalue weighted by molar-refractivity contribution is 7.18. The van der Waals surface area contributed by atoms with Crippen molar-refractivity contribution in [1.29, 1.82) is 0 Å². The Morgan fingerprint density at radius 2 is 1.59 bits per heavy atom. The van der Waals surface area contributed by atoms with Gasteiger partial charge >= 0.3 is 0 Å². The van der Waals surface area contributed by atoms with Crippen molar-refractivity contribution in [2.45, 2.75) is 53.4 Å². The molecule has 32 heavy (non-hydrogen) atoms. The first kappa shape index (κ1) is 21.2. The van der Waals surface area contributed by atoms with E-state index in [0.29, 0.717) is 0 Å². The fourth-order valence-electron chi connectivity index (χ4n) is 4.80. The quantitative estimate of drug-likeness (QED) is 0.268. The molecule has 1 nitrogen and oxygen atoms in total. The summed E-state index contributed by atoms with van der Waals surface area (Å²) in [5.41, 5.74) is 5.43. The van der Waals surface area contributed by atoms with Crippen molar-refractivity contribution >= 4 is 43.0 Å². The number of rotatable bonds is 2. The van der Waals surface area contributed by atoms with Crippen LogP contribution in [0.5, 0.6) is 0 Å². The van der Waals surface area contributed by atoms with Gasteiger partial charge in [0.1, 0.15) is 0 Å². The third-order valence-electron chi connectivity index (χ3n) is 6.21. The van der Waals surface area contributed by atoms with Gasteiger partial charge in [-0.05, 0) is 73.5 Å². The topological polar surface area (TPSA) is 12.9 Å². The fourth-order valence-corrected chi connectivity index (χ4v) is 5.93. The Labute approximate surface area is 195 Å². The molecule has 3 aromatic carbocycles. The van der Waals surface area contributed by atoms with Gasteiger partial charge in [-0.1, -0.05) is 77.9 Å². The second-order valence-corrected chi connectivity index (χ2v) is 12.1. The first-order valence-corrected chi connectivity index (χ1v) is 12.3. The minimum atomic E-state index is 0.0539. The van der Waals surface area contributed by atoms with Gasteiger partial charge in [-0.3, -0.25) is 4.98 Å². The molecule has 0 aliphatic carbocycles. The average Bonchev–Trinajstić information content (AvgIpc) is 3.13. The lowest BCUT2D eigenvalue weighted by Crippen LogP contribution is -2.12. The lowest BCUT2D eigenvalue weighted by molar-refractivity contribution is 0.413. The van der Waals surface area contributed by atoms with Crippen LogP contribution in [0.4, 0.5) is 0 Å². The standard InChI is InChI=1S/C30H31NS/c1-29(2,3)17-22-18-32-28-24(22)12-11-19-13-14-31-27(26(19)28)21-15-20-9-7-8-10-23(20)25(16-21)30(4,5)6/h7-16,18H,17H2,1-6H3. The maximum atomic E-state index is 4.95. The van der Waals surface area contributed by atoms with Gasteiger partial charge in [0.25, 0.3) is 0 Å². The first-order valence-electron chi connectivity index (χ1n) is 11.4. The molecule has 0 spiro atoms. The molecule has 0 N–H and O–H groups in total. The highest BCUT2D eigenvalue weighted by atomic mass is 32.1. The van der Waals surface area contributed by atoms with Gasteiger partial charge in [-0.15, -0.1) is 11.3 Å². The van der Waals surface area contributed by atoms with Crippen molar-refractivity contribution in [1.82, 2.24) is 4.98 Å². The van der Waals surface area contributed by atoms with Crippen molar-refractivity contribution < 1.29 is 0 Å². The number of nitrogens with zero attached hydrogens (tertiary/aromatic N) is 1. The predicted molar refractivity (Wildman–Crippen MR) is 142 cm³/mol. The van der Waals surface area contributed by atoms with Gasteiger partial charge < -0.3 is 0 Å². The van der Waals surface area contributed by atoms with E-state index in [9.17, 15) is 0 Å². The van der Waals surface area contributed by atoms with E-state index < -0.39 is 0 Å². The lowest BCUT2D eigenvalue weighted by Gasteiger charge is -2.23. The third kappa shape index (κ3) is 3.71. The molecule has 0 aliphatic heterocycles. The van der Waals surface area contributed by atoms with Gasteiger partial charge in [0, 0.05) is 21.8 Å². The smallest absolute Gasteiger partial charge is 0.0795 e. The molecule has 0 saturated heterocycles. The molecule has 5 aromatic rings. The van der Waals surface area contributed by atoms with Crippen LogP contribution in [-0.2, 0) is 11.8 Å². The predicted octanol–water partition coefficient (Wildman–Crippen LogP) is 9.16. The monoisotopic (exact) mass is 437 g/mol. The Kier molecular flexibility index (Phi) is 4.90. The lowest BCUT2D eigenvalue weighted by atomic mass is 9.82. The normalized spacial score (nSPS) is 12.8. The highest BCUT2D eigenvalue weighted by Gasteiger charge is 2.21. The second kappa shape index (κ2) is 7.42. The maximum absolute atomic E-state index is 4.95. The molecule has 2 heteroatoms. The third-order valence-corrected chi connectivity index (χ3v) is 7.28. The Hall–Kier alpha value is -2.71. The molecule has 0 radical (unpaired) electrons. The van der Waals surface area contributed by atoms with Crippen LogP contribution in [0.2, 0.25) is 0 Å². The van der Waals surface area contributed by atoms with Gasteiger partial charge in [0.15, 0.2) is 0 Å². The largest absolute Gasteiger partial charge is 0.256 e. The Morgan fingerprint density at radius 1 is 0.812 bits per heavy atom. The van der Waals surface area contributed by atoms with Gasteiger partial charge in [-0.25, -0.2) is 0 Å². The molecular weight excluding hydrogens is 406 g/mol. The Bertz CT molecular complexity index is 1460. The summed E-state index contributed by atoms with van der Waals surface area (Å²) in [6, 6.07) is 20.1. The summed E-state index contributed by atoms with van der Waals surface area (Å²) in [5, 5.41) is 8.89. The first-order chi connectivity index (χ1) is 15.1. The van der Waals surface area contributed by atoms with Gasteiger partial charge in [0.05, 0.1) is 5.69 Å². The van der Waals surface area contributed by atoms with Crippen LogP contribution in [-0.4, -0.2) is 4.98 Å². The van der Waals surface area contributed by atoms with E-state index in [0.717, 1.165) is 12.1 Å². The van der Waals surface area contributed by atoms with Crippen LogP contribution in [0.3, 0.4) is 0 Å². The Balaban J connectivity index is 1.82. The van der Waals surface area contributed by atoms with E-state index in [1.807, 2.05) is 17.5 Å². The number of hydrogen-bond donors (Lipinski definition) is 0. The summed E-state index contributed by atoms with van der Waals surface area (Å²) >= 11 is 1.87. The zero-order valence-corrected chi connectivity index (χ0v) is 20.7. The van der Waals surface area contributed by atoms with E-state index in [1.54, 1.807) is 0 Å². The summed E-state index contributed by atoms with van der Waals surface area (Å²) in [6.07, 6.45) is 3.04. The number of aromatic nitrogens is 1. The zero-order chi connectivity index (χ0) is 22.7. The van der Waals surface area contributed by atoms with Gasteiger partial charge in [-0.2, -0.15) is 0 Å². The molecule has 0 aliphatic rings. The van der Waals surface area contributed by atoms with E-state index in [-0.39, 0.29) is 10.8 Å². The number of hydrogen-bond acceptors (Lipinski definition) is 2. The number of benzene rings is 3. The van der Waals surface area contributed by atoms with Crippen LogP contribution >= 0.6 is 11.3 Å². The molecule has 2 heterocycles. The molecule has 5 rings (SSSR count). The fraction of sp³-hybridized carbons (Fsp3) is 0.300. The van der Waals surface area contributed by atoms with E-state index in [4.69, 9.17) is 4.98 Å². The van der Waals surface area contributed by atoms with Crippen molar-refractivity contribution in [2.24, 2.45) is 5.41 Å². The second-order valence-electron chi connectivity index (χ2n) is 11.2. The summed E-state index contributed by atoms with van der Waals surface area (Å²) in [6.45, 7) is 13.8. The van der Waals surface area contributed by atoms with Crippen LogP contribution in [0.25, 0.3) is 42.9 Å². The number of fused-ring (bicyclic) bond motifs is 4. The molecule has 162 valence electrons. The molecule has 0 saturated carbocycles. The van der Waals surface area contributed by atoms with E-state index in [1.165, 1.54) is 48.3 Å². The zero-order valence-electron chi connectivity index (χ0n) is 19.9. The Morgan fingerprint density at radius 3 is 2.34 bits per heavy atom. The van der Waals surface area contributed by atoms with E-state index >= 15 is 0 Å². The van der Waals surface area contributed by atoms with Crippen LogP contribution in [0, 0.1) is 5.41 Å². The number of pyridine rings is 1. The molecule has 0 bridgehead atoms. The minimum Gasteiger partial charge on any atom is -0.256 e. The molecule has 0 atom stereocenters. The van der Waals surface area contributed by atoms with Crippen molar-refractivity contribution in [3.63, 3.8) is 0 Å². The SMILES string of the molecule is CC(C)(C)Cc1csc2c1ccc1ccnc(-c3cc(C(C)(C)C)c4ccccc4c3)c12. The average molecular weight is 438 g/mol. The van der Waals surface area contributed by atoms with Crippen molar-refractivity contribution in [3.05, 3.63) is 77.3 Å². The summed E-state index contributed by atoms with van der Waals surface area (Å²) in [4.78, 5) is 4.95. The molecule has 0 fully saturated rings. The molecule has 0 unspecified atom stereocenters. The van der Waals surface area contributed by atoms with E-state index in [2.05, 4.69) is 102 Å². The molecule has 0 amide bonds. The maximum Gasteiger partial charge on any atom is 0.0795 e. The summed E-state index contributed by atoms with van der Waals surface area (Å²) < 4.78 is 1.36. The minimum absolute atomic E-state index is 0.0539. The van der Waals surface area contributed by atoms with Crippen LogP contribution < -0.4 is 0 Å². The summed E-state index contributed by atoms with van der Waals surface area (Å²) in [5.74, 6) is 0. The highest BCUT2D eigenvalue weighted by Crippen LogP contribution is 2.41. The number of thiophene rings is 1. The van der Waals surface area contributed by atoms with Crippen LogP contribution in [0.1, 0.15) is 52.7 Å².